The molecule has 2 aromatic heterocycles. The summed E-state index contributed by atoms with van der Waals surface area (Å²) in [7, 11) is 2.07. The van der Waals surface area contributed by atoms with Gasteiger partial charge in [0.05, 0.1) is 0 Å². The van der Waals surface area contributed by atoms with Gasteiger partial charge in [-0.05, 0) is 23.7 Å². The summed E-state index contributed by atoms with van der Waals surface area (Å²) in [5.41, 5.74) is 11.9. The van der Waals surface area contributed by atoms with Crippen molar-refractivity contribution in [2.24, 2.45) is 12.2 Å². The summed E-state index contributed by atoms with van der Waals surface area (Å²) in [6.45, 7) is 1.35. The van der Waals surface area contributed by atoms with Gasteiger partial charge in [-0.25, -0.2) is 0 Å². The molecule has 0 amide bonds. The highest BCUT2D eigenvalue weighted by atomic mass is 15.1. The molecule has 0 atom stereocenters. The van der Waals surface area contributed by atoms with Gasteiger partial charge in [-0.3, -0.25) is 0 Å². The highest BCUT2D eigenvalue weighted by Gasteiger charge is 2.07. The Morgan fingerprint density at radius 1 is 1.17 bits per heavy atom. The predicted molar refractivity (Wildman–Crippen MR) is 97.1 cm³/mol. The topological polar surface area (TPSA) is 57.6 Å². The highest BCUT2D eigenvalue weighted by Crippen LogP contribution is 2.21. The van der Waals surface area contributed by atoms with Crippen LogP contribution >= 0.6 is 0 Å². The number of aryl methyl sites for hydroxylation is 2. The molecule has 0 saturated heterocycles. The molecule has 5 nitrogen and oxygen atoms in total. The lowest BCUT2D eigenvalue weighted by atomic mass is 10.1. The standard InChI is InChI=1S/C19H20N5/c1-23-15-16(18-8-2-3-9-19(18)23)10-11-17-7-4-5-13-24(17)14-6-12-21-22-20/h2-5,7-11,13,15H,6,12,14H2,1H3/q+1. The van der Waals surface area contributed by atoms with E-state index in [2.05, 4.69) is 81.1 Å². The molecule has 0 aliphatic carbocycles. The average Bonchev–Trinajstić information content (AvgIpc) is 2.94. The van der Waals surface area contributed by atoms with E-state index in [9.17, 15) is 0 Å². The maximum atomic E-state index is 8.36. The first kappa shape index (κ1) is 15.8. The summed E-state index contributed by atoms with van der Waals surface area (Å²) in [4.78, 5) is 2.80. The van der Waals surface area contributed by atoms with E-state index in [1.165, 1.54) is 16.5 Å². The molecule has 1 aromatic carbocycles. The van der Waals surface area contributed by atoms with Gasteiger partial charge in [-0.1, -0.05) is 23.3 Å². The molecule has 5 heteroatoms. The monoisotopic (exact) mass is 318 g/mol. The van der Waals surface area contributed by atoms with Crippen LogP contribution < -0.4 is 4.57 Å². The fraction of sp³-hybridized carbons (Fsp3) is 0.211. The van der Waals surface area contributed by atoms with E-state index in [0.717, 1.165) is 18.7 Å². The minimum absolute atomic E-state index is 0.519. The van der Waals surface area contributed by atoms with Gasteiger partial charge in [0.2, 0.25) is 5.69 Å². The summed E-state index contributed by atoms with van der Waals surface area (Å²) < 4.78 is 4.32. The quantitative estimate of drug-likeness (QED) is 0.213. The third kappa shape index (κ3) is 3.47. The molecule has 3 rings (SSSR count). The number of para-hydroxylation sites is 1. The molecule has 0 fully saturated rings. The van der Waals surface area contributed by atoms with Gasteiger partial charge in [0.1, 0.15) is 6.54 Å². The molecule has 0 bridgehead atoms. The van der Waals surface area contributed by atoms with Crippen LogP contribution in [0.3, 0.4) is 0 Å². The van der Waals surface area contributed by atoms with Crippen molar-refractivity contribution in [2.45, 2.75) is 13.0 Å². The van der Waals surface area contributed by atoms with Crippen LogP contribution in [0.15, 0.2) is 60.0 Å². The normalized spacial score (nSPS) is 11.0. The first-order valence-electron chi connectivity index (χ1n) is 8.01. The van der Waals surface area contributed by atoms with Crippen LogP contribution in [0.2, 0.25) is 0 Å². The zero-order valence-corrected chi connectivity index (χ0v) is 13.7. The number of benzene rings is 1. The van der Waals surface area contributed by atoms with Crippen molar-refractivity contribution < 1.29 is 4.57 Å². The van der Waals surface area contributed by atoms with Crippen LogP contribution in [0.5, 0.6) is 0 Å². The molecule has 0 spiro atoms. The second-order valence-corrected chi connectivity index (χ2v) is 5.67. The number of fused-ring (bicyclic) bond motifs is 1. The molecule has 0 aliphatic heterocycles. The van der Waals surface area contributed by atoms with E-state index in [1.807, 2.05) is 12.1 Å². The number of azide groups is 1. The van der Waals surface area contributed by atoms with E-state index in [1.54, 1.807) is 0 Å². The molecular formula is C19H20N5+. The lowest BCUT2D eigenvalue weighted by Crippen LogP contribution is -2.36. The molecule has 3 aromatic rings. The smallest absolute Gasteiger partial charge is 0.205 e. The van der Waals surface area contributed by atoms with Gasteiger partial charge in [0, 0.05) is 65.8 Å². The van der Waals surface area contributed by atoms with Crippen molar-refractivity contribution in [3.8, 4) is 0 Å². The van der Waals surface area contributed by atoms with Gasteiger partial charge in [0.15, 0.2) is 6.20 Å². The molecule has 0 N–H and O–H groups in total. The Bertz CT molecular complexity index is 916. The van der Waals surface area contributed by atoms with Crippen LogP contribution in [0.1, 0.15) is 17.7 Å². The summed E-state index contributed by atoms with van der Waals surface area (Å²) in [5, 5.41) is 4.85. The SMILES string of the molecule is Cn1cc(/C=C/c2cccc[n+]2CCCN=[N+]=[N-])c2ccccc21. The van der Waals surface area contributed by atoms with Crippen molar-refractivity contribution in [3.63, 3.8) is 0 Å². The molecule has 120 valence electrons. The van der Waals surface area contributed by atoms with E-state index in [0.29, 0.717) is 6.54 Å². The third-order valence-corrected chi connectivity index (χ3v) is 4.06. The summed E-state index contributed by atoms with van der Waals surface area (Å²) in [6, 6.07) is 14.5. The molecular weight excluding hydrogens is 298 g/mol. The molecule has 24 heavy (non-hydrogen) atoms. The molecule has 0 aliphatic rings. The number of hydrogen-bond acceptors (Lipinski definition) is 1. The predicted octanol–water partition coefficient (Wildman–Crippen LogP) is 4.34. The summed E-state index contributed by atoms with van der Waals surface area (Å²) in [6.07, 6.45) is 9.32. The molecule has 2 heterocycles. The maximum Gasteiger partial charge on any atom is 0.205 e. The Morgan fingerprint density at radius 3 is 2.88 bits per heavy atom. The van der Waals surface area contributed by atoms with Gasteiger partial charge in [-0.15, -0.1) is 0 Å². The van der Waals surface area contributed by atoms with E-state index in [4.69, 9.17) is 5.53 Å². The lowest BCUT2D eigenvalue weighted by Gasteiger charge is -1.99. The summed E-state index contributed by atoms with van der Waals surface area (Å²) in [5.74, 6) is 0. The number of hydrogen-bond donors (Lipinski definition) is 0. The second-order valence-electron chi connectivity index (χ2n) is 5.67. The first-order chi connectivity index (χ1) is 11.8. The maximum absolute atomic E-state index is 8.36. The third-order valence-electron chi connectivity index (χ3n) is 4.06. The molecule has 0 radical (unpaired) electrons. The van der Waals surface area contributed by atoms with Crippen LogP contribution in [0.4, 0.5) is 0 Å². The first-order valence-corrected chi connectivity index (χ1v) is 8.01. The number of pyridine rings is 1. The number of rotatable bonds is 6. The number of aromatic nitrogens is 2. The van der Waals surface area contributed by atoms with Crippen molar-refractivity contribution in [1.29, 1.82) is 0 Å². The van der Waals surface area contributed by atoms with E-state index >= 15 is 0 Å². The van der Waals surface area contributed by atoms with Gasteiger partial charge < -0.3 is 4.57 Å². The van der Waals surface area contributed by atoms with Crippen LogP contribution in [-0.2, 0) is 13.6 Å². The van der Waals surface area contributed by atoms with E-state index in [-0.39, 0.29) is 0 Å². The Morgan fingerprint density at radius 2 is 2.00 bits per heavy atom. The largest absolute Gasteiger partial charge is 0.350 e. The highest BCUT2D eigenvalue weighted by molar-refractivity contribution is 5.91. The molecule has 0 unspecified atom stereocenters. The fourth-order valence-corrected chi connectivity index (χ4v) is 2.88. The van der Waals surface area contributed by atoms with Crippen molar-refractivity contribution >= 4 is 23.1 Å². The summed E-state index contributed by atoms with van der Waals surface area (Å²) >= 11 is 0. The Kier molecular flexibility index (Phi) is 4.94. The van der Waals surface area contributed by atoms with Gasteiger partial charge in [-0.2, -0.15) is 4.57 Å². The zero-order valence-electron chi connectivity index (χ0n) is 13.7. The second kappa shape index (κ2) is 7.49. The lowest BCUT2D eigenvalue weighted by molar-refractivity contribution is -0.698. The van der Waals surface area contributed by atoms with Crippen molar-refractivity contribution in [2.75, 3.05) is 6.54 Å². The van der Waals surface area contributed by atoms with Crippen LogP contribution in [-0.4, -0.2) is 11.1 Å². The van der Waals surface area contributed by atoms with Gasteiger partial charge >= 0.3 is 0 Å². The van der Waals surface area contributed by atoms with Gasteiger partial charge in [0.25, 0.3) is 0 Å². The van der Waals surface area contributed by atoms with E-state index < -0.39 is 0 Å². The number of nitrogens with zero attached hydrogens (tertiary/aromatic N) is 5. The molecule has 0 saturated carbocycles. The van der Waals surface area contributed by atoms with Crippen molar-refractivity contribution in [3.05, 3.63) is 76.6 Å². The fourth-order valence-electron chi connectivity index (χ4n) is 2.88. The zero-order chi connectivity index (χ0) is 16.8. The minimum Gasteiger partial charge on any atom is -0.350 e. The van der Waals surface area contributed by atoms with Crippen LogP contribution in [0, 0.1) is 0 Å². The Balaban J connectivity index is 1.84. The Labute approximate surface area is 141 Å². The van der Waals surface area contributed by atoms with Crippen molar-refractivity contribution in [1.82, 2.24) is 4.57 Å². The van der Waals surface area contributed by atoms with Crippen LogP contribution in [0.25, 0.3) is 33.5 Å². The Hall–Kier alpha value is -3.04. The average molecular weight is 318 g/mol. The minimum atomic E-state index is 0.519.